The molecule has 1 aliphatic carbocycles. The lowest BCUT2D eigenvalue weighted by Gasteiger charge is -2.09. The fourth-order valence-electron chi connectivity index (χ4n) is 2.32. The highest BCUT2D eigenvalue weighted by molar-refractivity contribution is 6.39. The Hall–Kier alpha value is -1.64. The van der Waals surface area contributed by atoms with E-state index in [0.717, 1.165) is 18.4 Å². The molecule has 0 unspecified atom stereocenters. The molecule has 1 saturated carbocycles. The number of rotatable bonds is 3. The third-order valence-electron chi connectivity index (χ3n) is 3.17. The summed E-state index contributed by atoms with van der Waals surface area (Å²) in [7, 11) is 0. The first-order chi connectivity index (χ1) is 7.68. The molecule has 0 aliphatic heterocycles. The Morgan fingerprint density at radius 3 is 2.50 bits per heavy atom. The molecule has 2 rings (SSSR count). The molecule has 1 aliphatic rings. The Morgan fingerprint density at radius 1 is 1.19 bits per heavy atom. The summed E-state index contributed by atoms with van der Waals surface area (Å²) in [6.45, 7) is 0. The highest BCUT2D eigenvalue weighted by atomic mass is 16.4. The first kappa shape index (κ1) is 10.9. The van der Waals surface area contributed by atoms with Crippen molar-refractivity contribution in [3.05, 3.63) is 35.4 Å². The molecule has 0 radical (unpaired) electrons. The Kier molecular flexibility index (Phi) is 3.04. The van der Waals surface area contributed by atoms with Gasteiger partial charge in [-0.15, -0.1) is 0 Å². The van der Waals surface area contributed by atoms with Crippen LogP contribution in [-0.4, -0.2) is 16.9 Å². The van der Waals surface area contributed by atoms with Crippen LogP contribution in [0.4, 0.5) is 0 Å². The molecule has 0 heterocycles. The van der Waals surface area contributed by atoms with Gasteiger partial charge in [-0.3, -0.25) is 4.79 Å². The summed E-state index contributed by atoms with van der Waals surface area (Å²) < 4.78 is 0. The number of hydrogen-bond donors (Lipinski definition) is 1. The van der Waals surface area contributed by atoms with E-state index in [-0.39, 0.29) is 5.56 Å². The van der Waals surface area contributed by atoms with Crippen molar-refractivity contribution in [2.75, 3.05) is 0 Å². The highest BCUT2D eigenvalue weighted by Gasteiger charge is 2.19. The maximum Gasteiger partial charge on any atom is 0.377 e. The van der Waals surface area contributed by atoms with Crippen LogP contribution in [0.3, 0.4) is 0 Å². The molecule has 0 atom stereocenters. The summed E-state index contributed by atoms with van der Waals surface area (Å²) in [6.07, 6.45) is 4.74. The number of hydrogen-bond acceptors (Lipinski definition) is 2. The van der Waals surface area contributed by atoms with Crippen molar-refractivity contribution >= 4 is 11.8 Å². The van der Waals surface area contributed by atoms with Crippen LogP contribution in [0, 0.1) is 0 Å². The van der Waals surface area contributed by atoms with E-state index < -0.39 is 11.8 Å². The molecule has 3 heteroatoms. The lowest BCUT2D eigenvalue weighted by Crippen LogP contribution is -2.13. The molecule has 3 nitrogen and oxygen atoms in total. The van der Waals surface area contributed by atoms with Gasteiger partial charge in [-0.1, -0.05) is 31.0 Å². The average molecular weight is 218 g/mol. The number of carboxylic acids is 1. The van der Waals surface area contributed by atoms with Crippen molar-refractivity contribution < 1.29 is 14.7 Å². The van der Waals surface area contributed by atoms with Crippen LogP contribution in [0.2, 0.25) is 0 Å². The van der Waals surface area contributed by atoms with Crippen LogP contribution in [0.5, 0.6) is 0 Å². The molecule has 1 N–H and O–H groups in total. The highest BCUT2D eigenvalue weighted by Crippen LogP contribution is 2.34. The minimum absolute atomic E-state index is 0.289. The van der Waals surface area contributed by atoms with Crippen molar-refractivity contribution in [2.45, 2.75) is 31.6 Å². The topological polar surface area (TPSA) is 54.4 Å². The summed E-state index contributed by atoms with van der Waals surface area (Å²) in [5.74, 6) is -1.70. The van der Waals surface area contributed by atoms with Gasteiger partial charge < -0.3 is 5.11 Å². The Labute approximate surface area is 94.1 Å². The molecule has 16 heavy (non-hydrogen) atoms. The summed E-state index contributed by atoms with van der Waals surface area (Å²) in [5.41, 5.74) is 1.39. The van der Waals surface area contributed by atoms with Crippen molar-refractivity contribution in [3.63, 3.8) is 0 Å². The second kappa shape index (κ2) is 4.47. The smallest absolute Gasteiger partial charge is 0.377 e. The van der Waals surface area contributed by atoms with Gasteiger partial charge in [0.05, 0.1) is 0 Å². The van der Waals surface area contributed by atoms with E-state index in [4.69, 9.17) is 5.11 Å². The van der Waals surface area contributed by atoms with Crippen LogP contribution in [-0.2, 0) is 4.79 Å². The Balaban J connectivity index is 2.25. The largest absolute Gasteiger partial charge is 0.475 e. The van der Waals surface area contributed by atoms with Crippen LogP contribution in [0.1, 0.15) is 47.5 Å². The SMILES string of the molecule is O=C(O)C(=O)c1cccc(C2CCCC2)c1. The average Bonchev–Trinajstić information content (AvgIpc) is 2.81. The van der Waals surface area contributed by atoms with E-state index in [1.807, 2.05) is 6.07 Å². The molecule has 84 valence electrons. The van der Waals surface area contributed by atoms with E-state index >= 15 is 0 Å². The third kappa shape index (κ3) is 2.13. The summed E-state index contributed by atoms with van der Waals surface area (Å²) in [6, 6.07) is 7.04. The van der Waals surface area contributed by atoms with Gasteiger partial charge in [0, 0.05) is 5.56 Å². The van der Waals surface area contributed by atoms with Crippen molar-refractivity contribution in [3.8, 4) is 0 Å². The van der Waals surface area contributed by atoms with Crippen LogP contribution in [0.25, 0.3) is 0 Å². The third-order valence-corrected chi connectivity index (χ3v) is 3.17. The standard InChI is InChI=1S/C13H14O3/c14-12(13(15)16)11-7-3-6-10(8-11)9-4-1-2-5-9/h3,6-9H,1-2,4-5H2,(H,15,16). The Morgan fingerprint density at radius 2 is 1.88 bits per heavy atom. The zero-order chi connectivity index (χ0) is 11.5. The summed E-state index contributed by atoms with van der Waals surface area (Å²) in [5, 5.41) is 8.64. The zero-order valence-electron chi connectivity index (χ0n) is 8.98. The normalized spacial score (nSPS) is 16.2. The lowest BCUT2D eigenvalue weighted by atomic mass is 9.95. The second-order valence-electron chi connectivity index (χ2n) is 4.24. The van der Waals surface area contributed by atoms with E-state index in [1.54, 1.807) is 18.2 Å². The number of Topliss-reactive ketones (excluding diaryl/α,β-unsaturated/α-hetero) is 1. The van der Waals surface area contributed by atoms with Gasteiger partial charge in [0.15, 0.2) is 0 Å². The fraction of sp³-hybridized carbons (Fsp3) is 0.385. The predicted molar refractivity (Wildman–Crippen MR) is 59.6 cm³/mol. The van der Waals surface area contributed by atoms with Gasteiger partial charge in [0.1, 0.15) is 0 Å². The number of carbonyl (C=O) groups excluding carboxylic acids is 1. The molecule has 0 saturated heterocycles. The maximum absolute atomic E-state index is 11.3. The molecule has 0 spiro atoms. The number of ketones is 1. The van der Waals surface area contributed by atoms with Crippen LogP contribution in [0.15, 0.2) is 24.3 Å². The lowest BCUT2D eigenvalue weighted by molar-refractivity contribution is -0.131. The van der Waals surface area contributed by atoms with Crippen molar-refractivity contribution in [1.29, 1.82) is 0 Å². The number of benzene rings is 1. The van der Waals surface area contributed by atoms with Gasteiger partial charge in [0.25, 0.3) is 5.78 Å². The van der Waals surface area contributed by atoms with Gasteiger partial charge in [-0.05, 0) is 30.4 Å². The molecule has 0 amide bonds. The first-order valence-corrected chi connectivity index (χ1v) is 5.56. The van der Waals surface area contributed by atoms with Gasteiger partial charge >= 0.3 is 5.97 Å². The molecule has 1 aromatic carbocycles. The molecule has 1 fully saturated rings. The second-order valence-corrected chi connectivity index (χ2v) is 4.24. The monoisotopic (exact) mass is 218 g/mol. The van der Waals surface area contributed by atoms with E-state index in [9.17, 15) is 9.59 Å². The Bertz CT molecular complexity index is 417. The number of carbonyl (C=O) groups is 2. The molecular weight excluding hydrogens is 204 g/mol. The number of aliphatic carboxylic acids is 1. The van der Waals surface area contributed by atoms with Gasteiger partial charge in [-0.2, -0.15) is 0 Å². The minimum atomic E-state index is -1.39. The van der Waals surface area contributed by atoms with Crippen molar-refractivity contribution in [1.82, 2.24) is 0 Å². The van der Waals surface area contributed by atoms with E-state index in [2.05, 4.69) is 0 Å². The molecule has 0 bridgehead atoms. The minimum Gasteiger partial charge on any atom is -0.475 e. The zero-order valence-corrected chi connectivity index (χ0v) is 8.98. The first-order valence-electron chi connectivity index (χ1n) is 5.56. The molecule has 1 aromatic rings. The quantitative estimate of drug-likeness (QED) is 0.626. The fourth-order valence-corrected chi connectivity index (χ4v) is 2.32. The predicted octanol–water partition coefficient (Wildman–Crippen LogP) is 2.61. The van der Waals surface area contributed by atoms with E-state index in [0.29, 0.717) is 5.92 Å². The molecule has 0 aromatic heterocycles. The van der Waals surface area contributed by atoms with Crippen molar-refractivity contribution in [2.24, 2.45) is 0 Å². The van der Waals surface area contributed by atoms with E-state index in [1.165, 1.54) is 12.8 Å². The van der Waals surface area contributed by atoms with Gasteiger partial charge in [-0.25, -0.2) is 4.79 Å². The summed E-state index contributed by atoms with van der Waals surface area (Å²) in [4.78, 5) is 21.9. The van der Waals surface area contributed by atoms with Gasteiger partial charge in [0.2, 0.25) is 0 Å². The van der Waals surface area contributed by atoms with Crippen LogP contribution < -0.4 is 0 Å². The van der Waals surface area contributed by atoms with Crippen LogP contribution >= 0.6 is 0 Å². The molecular formula is C13H14O3. The number of carboxylic acid groups (broad SMARTS) is 1. The maximum atomic E-state index is 11.3. The summed E-state index contributed by atoms with van der Waals surface area (Å²) >= 11 is 0.